The van der Waals surface area contributed by atoms with E-state index < -0.39 is 10.8 Å². The van der Waals surface area contributed by atoms with E-state index in [1.54, 1.807) is 6.26 Å². The molecule has 0 aromatic heterocycles. The Morgan fingerprint density at radius 2 is 1.61 bits per heavy atom. The molecule has 0 saturated heterocycles. The lowest BCUT2D eigenvalue weighted by atomic mass is 9.96. The Hall–Kier alpha value is -0.580. The monoisotopic (exact) mass is 276 g/mol. The Balaban J connectivity index is 4.05. The lowest BCUT2D eigenvalue weighted by Gasteiger charge is -2.22. The van der Waals surface area contributed by atoms with Gasteiger partial charge in [0.15, 0.2) is 0 Å². The first kappa shape index (κ1) is 17.4. The summed E-state index contributed by atoms with van der Waals surface area (Å²) >= 11 is 0. The van der Waals surface area contributed by atoms with E-state index in [-0.39, 0.29) is 12.1 Å². The topological polar surface area (TPSA) is 58.2 Å². The summed E-state index contributed by atoms with van der Waals surface area (Å²) in [5.41, 5.74) is 0. The van der Waals surface area contributed by atoms with Crippen molar-refractivity contribution in [1.29, 1.82) is 0 Å². The molecule has 108 valence electrons. The van der Waals surface area contributed by atoms with Gasteiger partial charge in [-0.1, -0.05) is 27.7 Å². The minimum absolute atomic E-state index is 0.147. The summed E-state index contributed by atoms with van der Waals surface area (Å²) in [5, 5.41) is 5.75. The summed E-state index contributed by atoms with van der Waals surface area (Å²) in [5.74, 6) is 1.64. The van der Waals surface area contributed by atoms with Crippen molar-refractivity contribution >= 4 is 16.8 Å². The third kappa shape index (κ3) is 10.6. The van der Waals surface area contributed by atoms with Gasteiger partial charge >= 0.3 is 6.03 Å². The predicted octanol–water partition coefficient (Wildman–Crippen LogP) is 2.12. The quantitative estimate of drug-likeness (QED) is 0.713. The molecule has 0 aliphatic carbocycles. The van der Waals surface area contributed by atoms with Crippen molar-refractivity contribution in [2.45, 2.75) is 46.6 Å². The average Bonchev–Trinajstić information content (AvgIpc) is 2.13. The van der Waals surface area contributed by atoms with Crippen molar-refractivity contribution in [3.8, 4) is 0 Å². The van der Waals surface area contributed by atoms with Crippen LogP contribution in [0.1, 0.15) is 40.5 Å². The third-order valence-electron chi connectivity index (χ3n) is 2.52. The van der Waals surface area contributed by atoms with Gasteiger partial charge in [0.05, 0.1) is 0 Å². The molecule has 0 radical (unpaired) electrons. The number of amides is 2. The van der Waals surface area contributed by atoms with Crippen molar-refractivity contribution in [3.63, 3.8) is 0 Å². The SMILES string of the molecule is CC(C)CC(CC(C)C)NC(=O)NCC[S@@](C)=O. The van der Waals surface area contributed by atoms with Gasteiger partial charge < -0.3 is 10.6 Å². The highest BCUT2D eigenvalue weighted by molar-refractivity contribution is 7.84. The fourth-order valence-corrected chi connectivity index (χ4v) is 2.29. The first-order valence-corrected chi connectivity index (χ1v) is 8.38. The predicted molar refractivity (Wildman–Crippen MR) is 78.2 cm³/mol. The minimum atomic E-state index is -0.855. The lowest BCUT2D eigenvalue weighted by Crippen LogP contribution is -2.44. The summed E-state index contributed by atoms with van der Waals surface area (Å²) in [7, 11) is -0.855. The van der Waals surface area contributed by atoms with Gasteiger partial charge in [-0.3, -0.25) is 4.21 Å². The van der Waals surface area contributed by atoms with E-state index in [2.05, 4.69) is 38.3 Å². The molecular weight excluding hydrogens is 248 g/mol. The number of carbonyl (C=O) groups excluding carboxylic acids is 1. The van der Waals surface area contributed by atoms with Gasteiger partial charge in [0.25, 0.3) is 0 Å². The molecule has 5 heteroatoms. The Morgan fingerprint density at radius 1 is 1.11 bits per heavy atom. The Labute approximate surface area is 114 Å². The largest absolute Gasteiger partial charge is 0.337 e. The van der Waals surface area contributed by atoms with Crippen molar-refractivity contribution in [3.05, 3.63) is 0 Å². The van der Waals surface area contributed by atoms with E-state index in [4.69, 9.17) is 0 Å². The Bertz CT molecular complexity index is 258. The van der Waals surface area contributed by atoms with Crippen LogP contribution < -0.4 is 10.6 Å². The van der Waals surface area contributed by atoms with E-state index in [0.717, 1.165) is 12.8 Å². The van der Waals surface area contributed by atoms with Gasteiger partial charge in [0, 0.05) is 35.4 Å². The van der Waals surface area contributed by atoms with Gasteiger partial charge in [0.2, 0.25) is 0 Å². The molecule has 0 fully saturated rings. The average molecular weight is 276 g/mol. The summed E-state index contributed by atoms with van der Waals surface area (Å²) in [6.45, 7) is 9.10. The second-order valence-electron chi connectivity index (χ2n) is 5.63. The van der Waals surface area contributed by atoms with Gasteiger partial charge in [-0.25, -0.2) is 4.79 Å². The smallest absolute Gasteiger partial charge is 0.315 e. The minimum Gasteiger partial charge on any atom is -0.337 e. The maximum absolute atomic E-state index is 11.7. The number of urea groups is 1. The molecule has 0 heterocycles. The number of carbonyl (C=O) groups is 1. The summed E-state index contributed by atoms with van der Waals surface area (Å²) in [4.78, 5) is 11.7. The molecular formula is C13H28N2O2S. The van der Waals surface area contributed by atoms with E-state index in [9.17, 15) is 9.00 Å². The van der Waals surface area contributed by atoms with E-state index in [1.165, 1.54) is 0 Å². The number of rotatable bonds is 8. The highest BCUT2D eigenvalue weighted by atomic mass is 32.2. The summed E-state index contributed by atoms with van der Waals surface area (Å²) in [6, 6.07) is 0.0730. The van der Waals surface area contributed by atoms with Crippen molar-refractivity contribution in [2.24, 2.45) is 11.8 Å². The fourth-order valence-electron chi connectivity index (χ4n) is 1.90. The van der Waals surface area contributed by atoms with Crippen LogP contribution in [0.5, 0.6) is 0 Å². The summed E-state index contributed by atoms with van der Waals surface area (Å²) in [6.07, 6.45) is 3.62. The van der Waals surface area contributed by atoms with Gasteiger partial charge in [0.1, 0.15) is 0 Å². The molecule has 4 nitrogen and oxygen atoms in total. The van der Waals surface area contributed by atoms with Crippen molar-refractivity contribution in [2.75, 3.05) is 18.6 Å². The van der Waals surface area contributed by atoms with Crippen LogP contribution in [0.2, 0.25) is 0 Å². The zero-order valence-electron chi connectivity index (χ0n) is 12.3. The van der Waals surface area contributed by atoms with Crippen LogP contribution >= 0.6 is 0 Å². The second-order valence-corrected chi connectivity index (χ2v) is 7.19. The lowest BCUT2D eigenvalue weighted by molar-refractivity contribution is 0.232. The maximum Gasteiger partial charge on any atom is 0.315 e. The van der Waals surface area contributed by atoms with Crippen LogP contribution in [0.4, 0.5) is 4.79 Å². The normalized spacial score (nSPS) is 13.1. The van der Waals surface area contributed by atoms with Gasteiger partial charge in [-0.2, -0.15) is 0 Å². The molecule has 0 aromatic carbocycles. The number of hydrogen-bond donors (Lipinski definition) is 2. The first-order valence-electron chi connectivity index (χ1n) is 6.65. The van der Waals surface area contributed by atoms with Crippen LogP contribution in [0.3, 0.4) is 0 Å². The van der Waals surface area contributed by atoms with Crippen LogP contribution in [-0.2, 0) is 10.8 Å². The van der Waals surface area contributed by atoms with Crippen molar-refractivity contribution < 1.29 is 9.00 Å². The van der Waals surface area contributed by atoms with E-state index >= 15 is 0 Å². The van der Waals surface area contributed by atoms with Crippen LogP contribution in [-0.4, -0.2) is 34.8 Å². The number of hydrogen-bond acceptors (Lipinski definition) is 2. The van der Waals surface area contributed by atoms with E-state index in [0.29, 0.717) is 24.1 Å². The molecule has 0 aromatic rings. The standard InChI is InChI=1S/C13H28N2O2S/c1-10(2)8-12(9-11(3)4)15-13(16)14-6-7-18(5)17/h10-12H,6-9H2,1-5H3,(H2,14,15,16)/t18-/m1/s1. The zero-order chi connectivity index (χ0) is 14.1. The van der Waals surface area contributed by atoms with Crippen molar-refractivity contribution in [1.82, 2.24) is 10.6 Å². The highest BCUT2D eigenvalue weighted by Gasteiger charge is 2.15. The highest BCUT2D eigenvalue weighted by Crippen LogP contribution is 2.13. The third-order valence-corrected chi connectivity index (χ3v) is 3.30. The first-order chi connectivity index (χ1) is 8.31. The van der Waals surface area contributed by atoms with Crippen LogP contribution in [0.25, 0.3) is 0 Å². The molecule has 0 unspecified atom stereocenters. The molecule has 18 heavy (non-hydrogen) atoms. The molecule has 2 N–H and O–H groups in total. The molecule has 0 spiro atoms. The Morgan fingerprint density at radius 3 is 2.00 bits per heavy atom. The fraction of sp³-hybridized carbons (Fsp3) is 0.923. The maximum atomic E-state index is 11.7. The van der Waals surface area contributed by atoms with Crippen LogP contribution in [0.15, 0.2) is 0 Å². The summed E-state index contributed by atoms with van der Waals surface area (Å²) < 4.78 is 10.9. The second kappa shape index (κ2) is 9.36. The molecule has 0 rings (SSSR count). The van der Waals surface area contributed by atoms with Gasteiger partial charge in [-0.15, -0.1) is 0 Å². The van der Waals surface area contributed by atoms with E-state index in [1.807, 2.05) is 0 Å². The Kier molecular flexibility index (Phi) is 9.06. The van der Waals surface area contributed by atoms with Gasteiger partial charge in [-0.05, 0) is 24.7 Å². The molecule has 0 bridgehead atoms. The molecule has 2 amide bonds. The van der Waals surface area contributed by atoms with Crippen LogP contribution in [0, 0.1) is 11.8 Å². The zero-order valence-corrected chi connectivity index (χ0v) is 13.1. The number of nitrogens with one attached hydrogen (secondary N) is 2. The molecule has 1 atom stereocenters. The molecule has 0 aliphatic heterocycles. The molecule has 0 aliphatic rings. The molecule has 0 saturated carbocycles.